The minimum atomic E-state index is -0.0751. The van der Waals surface area contributed by atoms with Gasteiger partial charge in [-0.2, -0.15) is 10.5 Å². The Hall–Kier alpha value is -2.78. The average molecular weight is 261 g/mol. The van der Waals surface area contributed by atoms with Gasteiger partial charge in [-0.1, -0.05) is 36.4 Å². The third kappa shape index (κ3) is 3.16. The number of nitriles is 2. The lowest BCUT2D eigenvalue weighted by atomic mass is 10.0. The summed E-state index contributed by atoms with van der Waals surface area (Å²) in [7, 11) is 0. The Kier molecular flexibility index (Phi) is 4.37. The first-order chi connectivity index (χ1) is 9.74. The second-order valence-corrected chi connectivity index (χ2v) is 4.61. The Labute approximate surface area is 119 Å². The molecule has 0 saturated carbocycles. The first kappa shape index (κ1) is 13.6. The quantitative estimate of drug-likeness (QED) is 0.907. The van der Waals surface area contributed by atoms with Gasteiger partial charge in [0.25, 0.3) is 0 Å². The number of nitrogens with zero attached hydrogens (tertiary/aromatic N) is 2. The summed E-state index contributed by atoms with van der Waals surface area (Å²) in [5.74, 6) is 0. The first-order valence-electron chi connectivity index (χ1n) is 6.44. The topological polar surface area (TPSA) is 59.6 Å². The molecule has 0 fully saturated rings. The molecule has 98 valence electrons. The summed E-state index contributed by atoms with van der Waals surface area (Å²) in [6.45, 7) is 1.98. The molecule has 1 N–H and O–H groups in total. The third-order valence-corrected chi connectivity index (χ3v) is 3.19. The highest BCUT2D eigenvalue weighted by Crippen LogP contribution is 2.25. The van der Waals surface area contributed by atoms with E-state index in [4.69, 9.17) is 10.5 Å². The molecular weight excluding hydrogens is 246 g/mol. The predicted molar refractivity (Wildman–Crippen MR) is 78.9 cm³/mol. The molecule has 2 aromatic rings. The van der Waals surface area contributed by atoms with E-state index in [0.717, 1.165) is 16.8 Å². The van der Waals surface area contributed by atoms with Gasteiger partial charge >= 0.3 is 0 Å². The van der Waals surface area contributed by atoms with Crippen LogP contribution in [0.1, 0.15) is 29.2 Å². The Bertz CT molecular complexity index is 663. The molecule has 20 heavy (non-hydrogen) atoms. The molecule has 1 atom stereocenters. The van der Waals surface area contributed by atoms with Crippen LogP contribution in [0.5, 0.6) is 0 Å². The van der Waals surface area contributed by atoms with Crippen LogP contribution < -0.4 is 5.32 Å². The van der Waals surface area contributed by atoms with Gasteiger partial charge in [-0.15, -0.1) is 0 Å². The number of nitrogens with one attached hydrogen (secondary N) is 1. The summed E-state index contributed by atoms with van der Waals surface area (Å²) in [5.41, 5.74) is 3.63. The average Bonchev–Trinajstić information content (AvgIpc) is 2.49. The lowest BCUT2D eigenvalue weighted by Crippen LogP contribution is -2.11. The van der Waals surface area contributed by atoms with E-state index in [1.807, 2.05) is 49.4 Å². The Balaban J connectivity index is 2.30. The maximum Gasteiger partial charge on any atom is 0.0992 e. The van der Waals surface area contributed by atoms with E-state index in [-0.39, 0.29) is 6.04 Å². The van der Waals surface area contributed by atoms with Gasteiger partial charge in [0, 0.05) is 5.69 Å². The van der Waals surface area contributed by atoms with Crippen LogP contribution in [0, 0.1) is 29.6 Å². The maximum absolute atomic E-state index is 9.00. The van der Waals surface area contributed by atoms with Crippen LogP contribution >= 0.6 is 0 Å². The van der Waals surface area contributed by atoms with Gasteiger partial charge < -0.3 is 5.32 Å². The van der Waals surface area contributed by atoms with Crippen molar-refractivity contribution in [3.05, 3.63) is 65.2 Å². The number of rotatable bonds is 4. The van der Waals surface area contributed by atoms with Crippen LogP contribution in [-0.4, -0.2) is 0 Å². The van der Waals surface area contributed by atoms with Crippen molar-refractivity contribution >= 4 is 5.69 Å². The zero-order valence-corrected chi connectivity index (χ0v) is 11.3. The molecule has 0 aliphatic rings. The Morgan fingerprint density at radius 2 is 1.85 bits per heavy atom. The molecule has 1 unspecified atom stereocenters. The number of hydrogen-bond acceptors (Lipinski definition) is 3. The second-order valence-electron chi connectivity index (χ2n) is 4.61. The molecule has 0 amide bonds. The van der Waals surface area contributed by atoms with Crippen molar-refractivity contribution in [2.45, 2.75) is 19.4 Å². The summed E-state index contributed by atoms with van der Waals surface area (Å²) in [4.78, 5) is 0. The van der Waals surface area contributed by atoms with Crippen LogP contribution in [0.2, 0.25) is 0 Å². The summed E-state index contributed by atoms with van der Waals surface area (Å²) in [6, 6.07) is 19.7. The van der Waals surface area contributed by atoms with Crippen molar-refractivity contribution in [3.8, 4) is 12.1 Å². The third-order valence-electron chi connectivity index (χ3n) is 3.19. The standard InChI is InChI=1S/C17H15N3/c1-13-7-8-14(12-19)11-17(13)20-16(9-10-18)15-5-3-2-4-6-15/h2-8,11,16,20H,9H2,1H3. The maximum atomic E-state index is 9.00. The molecule has 0 radical (unpaired) electrons. The molecule has 0 aromatic heterocycles. The minimum absolute atomic E-state index is 0.0751. The highest BCUT2D eigenvalue weighted by molar-refractivity contribution is 5.56. The molecule has 0 bridgehead atoms. The van der Waals surface area contributed by atoms with Crippen molar-refractivity contribution in [2.75, 3.05) is 5.32 Å². The van der Waals surface area contributed by atoms with E-state index in [1.54, 1.807) is 6.07 Å². The molecule has 3 heteroatoms. The van der Waals surface area contributed by atoms with Crippen LogP contribution in [0.3, 0.4) is 0 Å². The van der Waals surface area contributed by atoms with Crippen molar-refractivity contribution in [1.82, 2.24) is 0 Å². The van der Waals surface area contributed by atoms with E-state index >= 15 is 0 Å². The molecule has 2 aromatic carbocycles. The van der Waals surface area contributed by atoms with Gasteiger partial charge in [0.15, 0.2) is 0 Å². The summed E-state index contributed by atoms with van der Waals surface area (Å²) in [6.07, 6.45) is 0.375. The zero-order chi connectivity index (χ0) is 14.4. The number of anilines is 1. The van der Waals surface area contributed by atoms with Gasteiger partial charge in [-0.3, -0.25) is 0 Å². The van der Waals surface area contributed by atoms with Crippen LogP contribution in [0.25, 0.3) is 0 Å². The summed E-state index contributed by atoms with van der Waals surface area (Å²) < 4.78 is 0. The Morgan fingerprint density at radius 1 is 1.10 bits per heavy atom. The molecule has 3 nitrogen and oxygen atoms in total. The lowest BCUT2D eigenvalue weighted by molar-refractivity contribution is 0.805. The molecule has 0 aliphatic heterocycles. The van der Waals surface area contributed by atoms with E-state index < -0.39 is 0 Å². The van der Waals surface area contributed by atoms with Gasteiger partial charge in [-0.25, -0.2) is 0 Å². The molecule has 0 heterocycles. The largest absolute Gasteiger partial charge is 0.377 e. The van der Waals surface area contributed by atoms with Crippen molar-refractivity contribution in [3.63, 3.8) is 0 Å². The smallest absolute Gasteiger partial charge is 0.0992 e. The molecule has 0 saturated heterocycles. The highest BCUT2D eigenvalue weighted by Gasteiger charge is 2.12. The second kappa shape index (κ2) is 6.41. The number of benzene rings is 2. The SMILES string of the molecule is Cc1ccc(C#N)cc1NC(CC#N)c1ccccc1. The minimum Gasteiger partial charge on any atom is -0.377 e. The van der Waals surface area contributed by atoms with Crippen molar-refractivity contribution in [1.29, 1.82) is 10.5 Å². The van der Waals surface area contributed by atoms with E-state index in [9.17, 15) is 0 Å². The van der Waals surface area contributed by atoms with Gasteiger partial charge in [0.1, 0.15) is 0 Å². The van der Waals surface area contributed by atoms with Gasteiger partial charge in [0.2, 0.25) is 0 Å². The Morgan fingerprint density at radius 3 is 2.50 bits per heavy atom. The van der Waals surface area contributed by atoms with Crippen LogP contribution in [-0.2, 0) is 0 Å². The molecule has 0 spiro atoms. The van der Waals surface area contributed by atoms with E-state index in [0.29, 0.717) is 12.0 Å². The fourth-order valence-corrected chi connectivity index (χ4v) is 2.06. The lowest BCUT2D eigenvalue weighted by Gasteiger charge is -2.19. The fraction of sp³-hybridized carbons (Fsp3) is 0.176. The van der Waals surface area contributed by atoms with Gasteiger partial charge in [-0.05, 0) is 30.2 Å². The monoisotopic (exact) mass is 261 g/mol. The summed E-state index contributed by atoms with van der Waals surface area (Å²) >= 11 is 0. The zero-order valence-electron chi connectivity index (χ0n) is 11.3. The first-order valence-corrected chi connectivity index (χ1v) is 6.44. The molecular formula is C17H15N3. The number of hydrogen-bond donors (Lipinski definition) is 1. The fourth-order valence-electron chi connectivity index (χ4n) is 2.06. The van der Waals surface area contributed by atoms with E-state index in [1.165, 1.54) is 0 Å². The van der Waals surface area contributed by atoms with Crippen molar-refractivity contribution in [2.24, 2.45) is 0 Å². The van der Waals surface area contributed by atoms with Gasteiger partial charge in [0.05, 0.1) is 30.2 Å². The molecule has 0 aliphatic carbocycles. The summed E-state index contributed by atoms with van der Waals surface area (Å²) in [5, 5.41) is 21.3. The predicted octanol–water partition coefficient (Wildman–Crippen LogP) is 3.93. The normalized spacial score (nSPS) is 11.2. The van der Waals surface area contributed by atoms with Crippen LogP contribution in [0.15, 0.2) is 48.5 Å². The van der Waals surface area contributed by atoms with Crippen molar-refractivity contribution < 1.29 is 0 Å². The van der Waals surface area contributed by atoms with E-state index in [2.05, 4.69) is 17.5 Å². The molecule has 2 rings (SSSR count). The van der Waals surface area contributed by atoms with Crippen LogP contribution in [0.4, 0.5) is 5.69 Å². The number of aryl methyl sites for hydroxylation is 1. The highest BCUT2D eigenvalue weighted by atomic mass is 14.9.